The second kappa shape index (κ2) is 6.41. The first-order chi connectivity index (χ1) is 12.2. The van der Waals surface area contributed by atoms with Gasteiger partial charge in [0.25, 0.3) is 0 Å². The first-order valence-electron chi connectivity index (χ1n) is 7.84. The van der Waals surface area contributed by atoms with Crippen molar-refractivity contribution in [3.05, 3.63) is 65.7 Å². The Balaban J connectivity index is 1.45. The van der Waals surface area contributed by atoms with Crippen molar-refractivity contribution < 1.29 is 4.79 Å². The van der Waals surface area contributed by atoms with Crippen molar-refractivity contribution in [2.24, 2.45) is 10.7 Å². The largest absolute Gasteiger partial charge is 0.387 e. The van der Waals surface area contributed by atoms with Crippen molar-refractivity contribution in [1.82, 2.24) is 0 Å². The number of rotatable bonds is 3. The molecule has 6 heteroatoms. The van der Waals surface area contributed by atoms with E-state index in [-0.39, 0.29) is 6.03 Å². The van der Waals surface area contributed by atoms with E-state index in [1.165, 1.54) is 4.70 Å². The first-order valence-corrected chi connectivity index (χ1v) is 8.72. The monoisotopic (exact) mass is 348 g/mol. The summed E-state index contributed by atoms with van der Waals surface area (Å²) in [4.78, 5) is 16.4. The Bertz CT molecular complexity index is 1020. The lowest BCUT2D eigenvalue weighted by Gasteiger charge is -2.10. The second-order valence-electron chi connectivity index (χ2n) is 5.78. The fourth-order valence-electron chi connectivity index (χ4n) is 2.76. The van der Waals surface area contributed by atoms with E-state index in [4.69, 9.17) is 5.73 Å². The highest BCUT2D eigenvalue weighted by Gasteiger charge is 2.10. The average molecular weight is 348 g/mol. The number of thiophene rings is 1. The first kappa shape index (κ1) is 15.4. The van der Waals surface area contributed by atoms with E-state index in [0.29, 0.717) is 12.3 Å². The number of carbonyl (C=O) groups excluding carboxylic acids is 1. The van der Waals surface area contributed by atoms with Crippen LogP contribution in [0, 0.1) is 0 Å². The molecular weight excluding hydrogens is 332 g/mol. The molecule has 3 aromatic rings. The zero-order valence-corrected chi connectivity index (χ0v) is 14.1. The maximum atomic E-state index is 12.3. The fraction of sp³-hybridized carbons (Fsp3) is 0.0526. The Morgan fingerprint density at radius 2 is 1.92 bits per heavy atom. The smallest absolute Gasteiger partial charge is 0.323 e. The summed E-state index contributed by atoms with van der Waals surface area (Å²) in [5, 5.41) is 8.89. The molecule has 0 spiro atoms. The average Bonchev–Trinajstić information content (AvgIpc) is 3.23. The van der Waals surface area contributed by atoms with Gasteiger partial charge in [0.05, 0.1) is 0 Å². The Hall–Kier alpha value is -3.12. The lowest BCUT2D eigenvalue weighted by Crippen LogP contribution is -2.19. The summed E-state index contributed by atoms with van der Waals surface area (Å²) in [6.45, 7) is 0. The molecule has 0 saturated heterocycles. The van der Waals surface area contributed by atoms with Gasteiger partial charge in [0.1, 0.15) is 5.84 Å². The highest BCUT2D eigenvalue weighted by Crippen LogP contribution is 2.26. The number of nitrogens with one attached hydrogen (secondary N) is 2. The van der Waals surface area contributed by atoms with Crippen LogP contribution in [0.4, 0.5) is 16.2 Å². The van der Waals surface area contributed by atoms with Gasteiger partial charge in [-0.3, -0.25) is 0 Å². The van der Waals surface area contributed by atoms with Gasteiger partial charge in [-0.1, -0.05) is 12.1 Å². The summed E-state index contributed by atoms with van der Waals surface area (Å²) in [6.07, 6.45) is 2.40. The molecule has 0 saturated carbocycles. The summed E-state index contributed by atoms with van der Waals surface area (Å²) in [7, 11) is 0. The maximum Gasteiger partial charge on any atom is 0.323 e. The Labute approximate surface area is 148 Å². The third-order valence-electron chi connectivity index (χ3n) is 3.96. The van der Waals surface area contributed by atoms with Crippen LogP contribution in [0.25, 0.3) is 15.7 Å². The molecule has 5 nitrogen and oxygen atoms in total. The van der Waals surface area contributed by atoms with Crippen molar-refractivity contribution >= 4 is 50.2 Å². The number of amidine groups is 1. The van der Waals surface area contributed by atoms with Crippen LogP contribution in [0.2, 0.25) is 0 Å². The molecule has 0 radical (unpaired) electrons. The van der Waals surface area contributed by atoms with E-state index in [0.717, 1.165) is 27.9 Å². The standard InChI is InChI=1S/C19H16N4OS/c20-18-10-14(11-21-18)12-2-1-3-15(8-12)22-19(24)23-16-4-5-17-13(9-16)6-7-25-17/h1-9,11H,10H2,(H2,20,21)(H2,22,23,24). The van der Waals surface area contributed by atoms with Gasteiger partial charge in [-0.2, -0.15) is 0 Å². The molecule has 2 aromatic carbocycles. The van der Waals surface area contributed by atoms with E-state index >= 15 is 0 Å². The zero-order chi connectivity index (χ0) is 17.2. The van der Waals surface area contributed by atoms with E-state index < -0.39 is 0 Å². The summed E-state index contributed by atoms with van der Waals surface area (Å²) in [5.74, 6) is 0.606. The quantitative estimate of drug-likeness (QED) is 0.644. The number of amides is 2. The van der Waals surface area contributed by atoms with Gasteiger partial charge in [0.15, 0.2) is 0 Å². The number of aliphatic imine (C=N–C) groups is 1. The molecule has 2 amide bonds. The molecule has 2 heterocycles. The highest BCUT2D eigenvalue weighted by molar-refractivity contribution is 7.17. The molecule has 4 N–H and O–H groups in total. The van der Waals surface area contributed by atoms with Crippen LogP contribution >= 0.6 is 11.3 Å². The lowest BCUT2D eigenvalue weighted by atomic mass is 10.0. The van der Waals surface area contributed by atoms with E-state index in [1.807, 2.05) is 53.9 Å². The van der Waals surface area contributed by atoms with E-state index in [1.54, 1.807) is 17.5 Å². The summed E-state index contributed by atoms with van der Waals surface area (Å²) in [6, 6.07) is 15.3. The van der Waals surface area contributed by atoms with Crippen molar-refractivity contribution in [1.29, 1.82) is 0 Å². The normalized spacial score (nSPS) is 13.4. The molecule has 0 aliphatic carbocycles. The Morgan fingerprint density at radius 3 is 2.72 bits per heavy atom. The molecule has 0 unspecified atom stereocenters. The van der Waals surface area contributed by atoms with Crippen molar-refractivity contribution in [2.75, 3.05) is 10.6 Å². The molecule has 0 bridgehead atoms. The van der Waals surface area contributed by atoms with Gasteiger partial charge in [-0.25, -0.2) is 9.79 Å². The van der Waals surface area contributed by atoms with Crippen LogP contribution in [0.3, 0.4) is 0 Å². The van der Waals surface area contributed by atoms with Gasteiger partial charge in [-0.15, -0.1) is 11.3 Å². The van der Waals surface area contributed by atoms with Crippen LogP contribution in [-0.2, 0) is 0 Å². The third-order valence-corrected chi connectivity index (χ3v) is 4.86. The van der Waals surface area contributed by atoms with Crippen LogP contribution in [0.15, 0.2) is 65.1 Å². The molecule has 124 valence electrons. The topological polar surface area (TPSA) is 79.5 Å². The number of urea groups is 1. The van der Waals surface area contributed by atoms with E-state index in [9.17, 15) is 4.79 Å². The van der Waals surface area contributed by atoms with Crippen molar-refractivity contribution in [3.8, 4) is 0 Å². The van der Waals surface area contributed by atoms with Gasteiger partial charge in [-0.05, 0) is 58.3 Å². The SMILES string of the molecule is NC1=NC=C(c2cccc(NC(=O)Nc3ccc4sccc4c3)c2)C1. The molecule has 1 aliphatic rings. The predicted octanol–water partition coefficient (Wildman–Crippen LogP) is 4.65. The minimum Gasteiger partial charge on any atom is -0.387 e. The molecule has 4 rings (SSSR count). The number of hydrogen-bond acceptors (Lipinski definition) is 4. The third kappa shape index (κ3) is 3.39. The van der Waals surface area contributed by atoms with Gasteiger partial charge < -0.3 is 16.4 Å². The van der Waals surface area contributed by atoms with Crippen LogP contribution < -0.4 is 16.4 Å². The van der Waals surface area contributed by atoms with Gasteiger partial charge in [0, 0.05) is 28.7 Å². The lowest BCUT2D eigenvalue weighted by molar-refractivity contribution is 0.262. The molecule has 1 aliphatic heterocycles. The summed E-state index contributed by atoms with van der Waals surface area (Å²) < 4.78 is 1.20. The van der Waals surface area contributed by atoms with E-state index in [2.05, 4.69) is 15.6 Å². The minimum absolute atomic E-state index is 0.275. The zero-order valence-electron chi connectivity index (χ0n) is 13.3. The van der Waals surface area contributed by atoms with Gasteiger partial charge >= 0.3 is 6.03 Å². The number of nitrogens with two attached hydrogens (primary N) is 1. The molecule has 0 atom stereocenters. The molecule has 25 heavy (non-hydrogen) atoms. The Kier molecular flexibility index (Phi) is 3.95. The van der Waals surface area contributed by atoms with Gasteiger partial charge in [0.2, 0.25) is 0 Å². The predicted molar refractivity (Wildman–Crippen MR) is 105 cm³/mol. The summed E-state index contributed by atoms with van der Waals surface area (Å²) >= 11 is 1.68. The molecule has 1 aromatic heterocycles. The minimum atomic E-state index is -0.275. The summed E-state index contributed by atoms with van der Waals surface area (Å²) in [5.41, 5.74) is 9.25. The Morgan fingerprint density at radius 1 is 1.08 bits per heavy atom. The maximum absolute atomic E-state index is 12.3. The van der Waals surface area contributed by atoms with Crippen LogP contribution in [-0.4, -0.2) is 11.9 Å². The number of anilines is 2. The van der Waals surface area contributed by atoms with Crippen molar-refractivity contribution in [3.63, 3.8) is 0 Å². The number of carbonyl (C=O) groups is 1. The molecule has 0 fully saturated rings. The highest BCUT2D eigenvalue weighted by atomic mass is 32.1. The number of hydrogen-bond donors (Lipinski definition) is 3. The fourth-order valence-corrected chi connectivity index (χ4v) is 3.53. The molecular formula is C19H16N4OS. The number of benzene rings is 2. The van der Waals surface area contributed by atoms with Crippen molar-refractivity contribution in [2.45, 2.75) is 6.42 Å². The second-order valence-corrected chi connectivity index (χ2v) is 6.73. The van der Waals surface area contributed by atoms with Crippen LogP contribution in [0.5, 0.6) is 0 Å². The van der Waals surface area contributed by atoms with Crippen LogP contribution in [0.1, 0.15) is 12.0 Å². The number of fused-ring (bicyclic) bond motifs is 1. The number of nitrogens with zero attached hydrogens (tertiary/aromatic N) is 1.